The first-order valence-corrected chi connectivity index (χ1v) is 12.1. The largest absolute Gasteiger partial charge is 0.332 e. The molecule has 1 amide bonds. The molecule has 0 unspecified atom stereocenters. The fourth-order valence-electron chi connectivity index (χ4n) is 2.62. The quantitative estimate of drug-likeness (QED) is 0.475. The van der Waals surface area contributed by atoms with E-state index in [0.29, 0.717) is 16.4 Å². The number of benzene rings is 2. The summed E-state index contributed by atoms with van der Waals surface area (Å²) in [6, 6.07) is 13.4. The molecule has 0 aliphatic rings. The number of nitrogens with one attached hydrogen (secondary N) is 3. The first kappa shape index (κ1) is 22.9. The zero-order chi connectivity index (χ0) is 22.6. The summed E-state index contributed by atoms with van der Waals surface area (Å²) in [6.45, 7) is 6.31. The van der Waals surface area contributed by atoms with Crippen molar-refractivity contribution in [2.45, 2.75) is 31.1 Å². The summed E-state index contributed by atoms with van der Waals surface area (Å²) >= 11 is 6.39. The predicted molar refractivity (Wildman–Crippen MR) is 128 cm³/mol. The molecule has 0 saturated carbocycles. The van der Waals surface area contributed by atoms with Gasteiger partial charge in [0.2, 0.25) is 0 Å². The van der Waals surface area contributed by atoms with E-state index >= 15 is 0 Å². The molecule has 1 heterocycles. The Hall–Kier alpha value is -2.82. The number of carbonyl (C=O) groups excluding carboxylic acids is 1. The van der Waals surface area contributed by atoms with Crippen LogP contribution in [0.15, 0.2) is 65.0 Å². The van der Waals surface area contributed by atoms with E-state index in [4.69, 9.17) is 12.2 Å². The number of amides is 1. The smallest absolute Gasteiger partial charge is 0.263 e. The molecule has 0 aliphatic carbocycles. The number of hydrogen-bond donors (Lipinski definition) is 3. The molecule has 3 rings (SSSR count). The van der Waals surface area contributed by atoms with Gasteiger partial charge >= 0.3 is 0 Å². The summed E-state index contributed by atoms with van der Waals surface area (Å²) in [4.78, 5) is 16.4. The minimum Gasteiger partial charge on any atom is -0.332 e. The van der Waals surface area contributed by atoms with E-state index < -0.39 is 10.0 Å². The average molecular weight is 475 g/mol. The summed E-state index contributed by atoms with van der Waals surface area (Å²) in [7, 11) is -3.73. The van der Waals surface area contributed by atoms with Gasteiger partial charge in [-0.25, -0.2) is 13.4 Å². The number of aromatic nitrogens is 1. The Labute approximate surface area is 191 Å². The van der Waals surface area contributed by atoms with Crippen molar-refractivity contribution < 1.29 is 13.2 Å². The fraction of sp³-hybridized carbons (Fsp3) is 0.190. The van der Waals surface area contributed by atoms with E-state index in [1.807, 2.05) is 12.1 Å². The highest BCUT2D eigenvalue weighted by Gasteiger charge is 2.16. The predicted octanol–water partition coefficient (Wildman–Crippen LogP) is 4.37. The number of sulfonamides is 1. The SMILES string of the molecule is CC(C)(C)c1ccc(C(=O)NC(=S)Nc2ccc(S(=O)(=O)Nc3nccs3)cc2)cc1. The van der Waals surface area contributed by atoms with E-state index in [2.05, 4.69) is 41.1 Å². The van der Waals surface area contributed by atoms with E-state index in [0.717, 1.165) is 5.56 Å². The molecule has 0 aliphatic heterocycles. The molecule has 0 atom stereocenters. The first-order valence-electron chi connectivity index (χ1n) is 9.30. The maximum Gasteiger partial charge on any atom is 0.263 e. The summed E-state index contributed by atoms with van der Waals surface area (Å²) in [6.07, 6.45) is 1.52. The van der Waals surface area contributed by atoms with Crippen LogP contribution in [0, 0.1) is 0 Å². The van der Waals surface area contributed by atoms with E-state index in [1.54, 1.807) is 29.6 Å². The molecule has 3 aromatic rings. The van der Waals surface area contributed by atoms with E-state index in [9.17, 15) is 13.2 Å². The van der Waals surface area contributed by atoms with Crippen LogP contribution >= 0.6 is 23.6 Å². The van der Waals surface area contributed by atoms with Crippen LogP contribution < -0.4 is 15.4 Å². The van der Waals surface area contributed by atoms with Crippen LogP contribution in [0.4, 0.5) is 10.8 Å². The molecule has 0 fully saturated rings. The van der Waals surface area contributed by atoms with Crippen molar-refractivity contribution in [2.24, 2.45) is 0 Å². The van der Waals surface area contributed by atoms with E-state index in [-0.39, 0.29) is 21.3 Å². The highest BCUT2D eigenvalue weighted by Crippen LogP contribution is 2.22. The van der Waals surface area contributed by atoms with Gasteiger partial charge in [0, 0.05) is 22.8 Å². The Morgan fingerprint density at radius 3 is 2.23 bits per heavy atom. The summed E-state index contributed by atoms with van der Waals surface area (Å²) in [5, 5.41) is 7.58. The zero-order valence-electron chi connectivity index (χ0n) is 17.2. The first-order chi connectivity index (χ1) is 14.5. The van der Waals surface area contributed by atoms with Crippen LogP contribution in [0.3, 0.4) is 0 Å². The molecule has 31 heavy (non-hydrogen) atoms. The third-order valence-corrected chi connectivity index (χ3v) is 6.69. The van der Waals surface area contributed by atoms with Gasteiger partial charge in [0.05, 0.1) is 4.90 Å². The molecule has 0 spiro atoms. The Bertz CT molecular complexity index is 1170. The molecular formula is C21H22N4O3S3. The standard InChI is InChI=1S/C21H22N4O3S3/c1-21(2,3)15-6-4-14(5-7-15)18(26)24-19(29)23-16-8-10-17(11-9-16)31(27,28)25-20-22-12-13-30-20/h4-13H,1-3H3,(H,22,25)(H2,23,24,26,29). The molecule has 0 radical (unpaired) electrons. The molecular weight excluding hydrogens is 452 g/mol. The lowest BCUT2D eigenvalue weighted by Crippen LogP contribution is -2.34. The van der Waals surface area contributed by atoms with Crippen LogP contribution in [-0.4, -0.2) is 24.4 Å². The van der Waals surface area contributed by atoms with Crippen LogP contribution in [0.1, 0.15) is 36.7 Å². The molecule has 2 aromatic carbocycles. The third kappa shape index (κ3) is 6.09. The molecule has 162 valence electrons. The van der Waals surface area contributed by atoms with Crippen molar-refractivity contribution in [3.8, 4) is 0 Å². The monoisotopic (exact) mass is 474 g/mol. The number of thiazole rings is 1. The maximum absolute atomic E-state index is 12.4. The highest BCUT2D eigenvalue weighted by molar-refractivity contribution is 7.93. The van der Waals surface area contributed by atoms with Crippen molar-refractivity contribution in [2.75, 3.05) is 10.0 Å². The molecule has 10 heteroatoms. The number of thiocarbonyl (C=S) groups is 1. The molecule has 1 aromatic heterocycles. The Balaban J connectivity index is 1.60. The van der Waals surface area contributed by atoms with Gasteiger partial charge in [-0.15, -0.1) is 11.3 Å². The van der Waals surface area contributed by atoms with Crippen LogP contribution in [0.5, 0.6) is 0 Å². The number of nitrogens with zero attached hydrogens (tertiary/aromatic N) is 1. The van der Waals surface area contributed by atoms with Crippen molar-refractivity contribution in [3.63, 3.8) is 0 Å². The van der Waals surface area contributed by atoms with Crippen LogP contribution in [0.25, 0.3) is 0 Å². The molecule has 0 saturated heterocycles. The van der Waals surface area contributed by atoms with Gasteiger partial charge in [-0.1, -0.05) is 32.9 Å². The van der Waals surface area contributed by atoms with Gasteiger partial charge in [-0.3, -0.25) is 14.8 Å². The normalized spacial score (nSPS) is 11.6. The van der Waals surface area contributed by atoms with Gasteiger partial charge in [0.1, 0.15) is 0 Å². The summed E-state index contributed by atoms with van der Waals surface area (Å²) < 4.78 is 27.2. The van der Waals surface area contributed by atoms with Crippen molar-refractivity contribution in [3.05, 3.63) is 71.2 Å². The fourth-order valence-corrected chi connectivity index (χ4v) is 4.62. The van der Waals surface area contributed by atoms with Crippen LogP contribution in [0.2, 0.25) is 0 Å². The van der Waals surface area contributed by atoms with Gasteiger partial charge in [-0.2, -0.15) is 0 Å². The topological polar surface area (TPSA) is 100 Å². The Morgan fingerprint density at radius 1 is 1.03 bits per heavy atom. The lowest BCUT2D eigenvalue weighted by atomic mass is 9.87. The Kier molecular flexibility index (Phi) is 6.73. The van der Waals surface area contributed by atoms with Gasteiger partial charge in [0.25, 0.3) is 15.9 Å². The number of rotatable bonds is 5. The second kappa shape index (κ2) is 9.13. The third-order valence-electron chi connectivity index (χ3n) is 4.32. The lowest BCUT2D eigenvalue weighted by Gasteiger charge is -2.19. The van der Waals surface area contributed by atoms with Crippen molar-refractivity contribution in [1.29, 1.82) is 0 Å². The van der Waals surface area contributed by atoms with Gasteiger partial charge in [0.15, 0.2) is 10.2 Å². The van der Waals surface area contributed by atoms with Crippen molar-refractivity contribution >= 4 is 55.4 Å². The second-order valence-electron chi connectivity index (χ2n) is 7.70. The summed E-state index contributed by atoms with van der Waals surface area (Å²) in [5.41, 5.74) is 2.17. The maximum atomic E-state index is 12.4. The Morgan fingerprint density at radius 2 is 1.68 bits per heavy atom. The number of carbonyl (C=O) groups is 1. The number of hydrogen-bond acceptors (Lipinski definition) is 6. The van der Waals surface area contributed by atoms with Crippen LogP contribution in [-0.2, 0) is 15.4 Å². The second-order valence-corrected chi connectivity index (χ2v) is 10.7. The van der Waals surface area contributed by atoms with E-state index in [1.165, 1.54) is 29.7 Å². The summed E-state index contributed by atoms with van der Waals surface area (Å²) in [5.74, 6) is -0.329. The zero-order valence-corrected chi connectivity index (χ0v) is 19.6. The van der Waals surface area contributed by atoms with Gasteiger partial charge < -0.3 is 5.32 Å². The highest BCUT2D eigenvalue weighted by atomic mass is 32.2. The lowest BCUT2D eigenvalue weighted by molar-refractivity contribution is 0.0977. The molecule has 7 nitrogen and oxygen atoms in total. The molecule has 3 N–H and O–H groups in total. The van der Waals surface area contributed by atoms with Gasteiger partial charge in [-0.05, 0) is 59.6 Å². The average Bonchev–Trinajstić information content (AvgIpc) is 3.20. The minimum atomic E-state index is -3.73. The molecule has 0 bridgehead atoms. The van der Waals surface area contributed by atoms with Crippen molar-refractivity contribution in [1.82, 2.24) is 10.3 Å². The number of anilines is 2. The minimum absolute atomic E-state index is 0.00130.